The molecule has 4 atom stereocenters. The maximum Gasteiger partial charge on any atom is 0.190 e. The van der Waals surface area contributed by atoms with Crippen molar-refractivity contribution < 1.29 is 20.1 Å². The molecule has 108 valence electrons. The monoisotopic (exact) mass is 268 g/mol. The number of aliphatic hydroxyl groups is 3. The summed E-state index contributed by atoms with van der Waals surface area (Å²) in [4.78, 5) is 12.5. The zero-order valence-corrected chi connectivity index (χ0v) is 12.1. The zero-order valence-electron chi connectivity index (χ0n) is 12.1. The van der Waals surface area contributed by atoms with Crippen molar-refractivity contribution in [1.29, 1.82) is 0 Å². The molecule has 19 heavy (non-hydrogen) atoms. The summed E-state index contributed by atoms with van der Waals surface area (Å²) in [6.07, 6.45) is 0.268. The van der Waals surface area contributed by atoms with Gasteiger partial charge in [0.05, 0.1) is 11.7 Å². The van der Waals surface area contributed by atoms with Gasteiger partial charge in [0.15, 0.2) is 5.78 Å². The highest BCUT2D eigenvalue weighted by atomic mass is 16.3. The van der Waals surface area contributed by atoms with E-state index in [1.807, 2.05) is 13.8 Å². The first-order valence-electron chi connectivity index (χ1n) is 7.00. The lowest BCUT2D eigenvalue weighted by atomic mass is 9.62. The molecule has 0 aliphatic heterocycles. The number of ketones is 1. The third-order valence-corrected chi connectivity index (χ3v) is 4.65. The summed E-state index contributed by atoms with van der Waals surface area (Å²) < 4.78 is 0. The van der Waals surface area contributed by atoms with Gasteiger partial charge in [-0.15, -0.1) is 0 Å². The maximum atomic E-state index is 12.5. The summed E-state index contributed by atoms with van der Waals surface area (Å²) >= 11 is 0. The van der Waals surface area contributed by atoms with Crippen molar-refractivity contribution in [2.75, 3.05) is 0 Å². The third kappa shape index (κ3) is 2.26. The predicted octanol–water partition coefficient (Wildman–Crippen LogP) is 1.18. The normalized spacial score (nSPS) is 43.7. The van der Waals surface area contributed by atoms with E-state index in [0.717, 1.165) is 0 Å². The Kier molecular flexibility index (Phi) is 3.40. The summed E-state index contributed by atoms with van der Waals surface area (Å²) in [7, 11) is 0. The molecule has 0 amide bonds. The minimum absolute atomic E-state index is 0.00384. The molecule has 0 radical (unpaired) electrons. The molecule has 0 aromatic carbocycles. The summed E-state index contributed by atoms with van der Waals surface area (Å²) in [5.41, 5.74) is -1.77. The van der Waals surface area contributed by atoms with Crippen LogP contribution in [0.15, 0.2) is 11.1 Å². The van der Waals surface area contributed by atoms with Crippen LogP contribution >= 0.6 is 0 Å². The molecule has 4 unspecified atom stereocenters. The van der Waals surface area contributed by atoms with E-state index in [2.05, 4.69) is 0 Å². The fraction of sp³-hybridized carbons (Fsp3) is 0.800. The molecular weight excluding hydrogens is 244 g/mol. The number of carbonyl (C=O) groups excluding carboxylic acids is 1. The maximum absolute atomic E-state index is 12.5. The van der Waals surface area contributed by atoms with Crippen LogP contribution in [0.3, 0.4) is 0 Å². The first-order valence-corrected chi connectivity index (χ1v) is 7.00. The van der Waals surface area contributed by atoms with E-state index in [0.29, 0.717) is 24.0 Å². The predicted molar refractivity (Wildman–Crippen MR) is 71.5 cm³/mol. The highest BCUT2D eigenvalue weighted by Crippen LogP contribution is 2.47. The highest BCUT2D eigenvalue weighted by Gasteiger charge is 2.51. The molecule has 0 aromatic heterocycles. The Balaban J connectivity index is 2.62. The number of carbonyl (C=O) groups is 1. The molecule has 4 heteroatoms. The smallest absolute Gasteiger partial charge is 0.190 e. The van der Waals surface area contributed by atoms with Gasteiger partial charge >= 0.3 is 0 Å². The lowest BCUT2D eigenvalue weighted by Gasteiger charge is -2.46. The number of hydrogen-bond acceptors (Lipinski definition) is 4. The van der Waals surface area contributed by atoms with E-state index in [1.165, 1.54) is 6.92 Å². The molecule has 0 spiro atoms. The van der Waals surface area contributed by atoms with Gasteiger partial charge in [-0.3, -0.25) is 4.79 Å². The second-order valence-electron chi connectivity index (χ2n) is 6.81. The van der Waals surface area contributed by atoms with E-state index >= 15 is 0 Å². The highest BCUT2D eigenvalue weighted by molar-refractivity contribution is 6.04. The number of hydrogen-bond donors (Lipinski definition) is 3. The van der Waals surface area contributed by atoms with Gasteiger partial charge in [0.25, 0.3) is 0 Å². The molecule has 0 fully saturated rings. The van der Waals surface area contributed by atoms with Crippen LogP contribution in [0.25, 0.3) is 0 Å². The molecule has 0 aromatic rings. The molecule has 3 N–H and O–H groups in total. The van der Waals surface area contributed by atoms with E-state index in [4.69, 9.17) is 0 Å². The van der Waals surface area contributed by atoms with Crippen molar-refractivity contribution >= 4 is 5.78 Å². The number of aliphatic hydroxyl groups excluding tert-OH is 1. The molecule has 4 nitrogen and oxygen atoms in total. The van der Waals surface area contributed by atoms with Gasteiger partial charge in [-0.25, -0.2) is 0 Å². The fourth-order valence-electron chi connectivity index (χ4n) is 3.56. The van der Waals surface area contributed by atoms with Crippen LogP contribution in [-0.4, -0.2) is 38.4 Å². The van der Waals surface area contributed by atoms with Crippen LogP contribution in [0, 0.1) is 11.8 Å². The van der Waals surface area contributed by atoms with Gasteiger partial charge in [0, 0.05) is 12.0 Å². The SMILES string of the molecule is CC(C)C1CCC(C)(O)C2=C1C(=O)C(C)(O)CC2O. The van der Waals surface area contributed by atoms with Crippen molar-refractivity contribution in [2.24, 2.45) is 11.8 Å². The lowest BCUT2D eigenvalue weighted by molar-refractivity contribution is -0.139. The number of rotatable bonds is 1. The second-order valence-corrected chi connectivity index (χ2v) is 6.81. The van der Waals surface area contributed by atoms with Crippen molar-refractivity contribution in [1.82, 2.24) is 0 Å². The van der Waals surface area contributed by atoms with Crippen LogP contribution in [0.2, 0.25) is 0 Å². The summed E-state index contributed by atoms with van der Waals surface area (Å²) in [6, 6.07) is 0. The van der Waals surface area contributed by atoms with Crippen molar-refractivity contribution in [3.05, 3.63) is 11.1 Å². The number of Topliss-reactive ketones (excluding diaryl/α,β-unsaturated/α-hetero) is 1. The van der Waals surface area contributed by atoms with E-state index in [-0.39, 0.29) is 24.0 Å². The lowest BCUT2D eigenvalue weighted by Crippen LogP contribution is -2.53. The molecular formula is C15H24O4. The van der Waals surface area contributed by atoms with Crippen molar-refractivity contribution in [2.45, 2.75) is 64.3 Å². The quantitative estimate of drug-likeness (QED) is 0.667. The van der Waals surface area contributed by atoms with E-state index in [9.17, 15) is 20.1 Å². The average molecular weight is 268 g/mol. The first-order chi connectivity index (χ1) is 8.58. The van der Waals surface area contributed by atoms with Gasteiger partial charge in [0.2, 0.25) is 0 Å². The minimum Gasteiger partial charge on any atom is -0.388 e. The summed E-state index contributed by atoms with van der Waals surface area (Å²) in [5, 5.41) is 30.9. The van der Waals surface area contributed by atoms with Crippen LogP contribution in [-0.2, 0) is 4.79 Å². The molecule has 0 heterocycles. The zero-order chi connectivity index (χ0) is 14.6. The first kappa shape index (κ1) is 14.7. The minimum atomic E-state index is -1.53. The van der Waals surface area contributed by atoms with Gasteiger partial charge in [-0.1, -0.05) is 13.8 Å². The Hall–Kier alpha value is -0.710. The molecule has 2 aliphatic rings. The van der Waals surface area contributed by atoms with Gasteiger partial charge < -0.3 is 15.3 Å². The topological polar surface area (TPSA) is 77.8 Å². The van der Waals surface area contributed by atoms with Crippen molar-refractivity contribution in [3.8, 4) is 0 Å². The Morgan fingerprint density at radius 1 is 1.21 bits per heavy atom. The van der Waals surface area contributed by atoms with Crippen LogP contribution < -0.4 is 0 Å². The fourth-order valence-corrected chi connectivity index (χ4v) is 3.56. The molecule has 0 saturated carbocycles. The second kappa shape index (κ2) is 4.40. The Bertz CT molecular complexity index is 431. The third-order valence-electron chi connectivity index (χ3n) is 4.65. The molecule has 0 bridgehead atoms. The molecule has 0 saturated heterocycles. The standard InChI is InChI=1S/C15H24O4/c1-8(2)9-5-6-14(3,18)12-10(16)7-15(4,19)13(17)11(9)12/h8-10,16,18-19H,5-7H2,1-4H3. The van der Waals surface area contributed by atoms with E-state index in [1.54, 1.807) is 6.92 Å². The van der Waals surface area contributed by atoms with Crippen molar-refractivity contribution in [3.63, 3.8) is 0 Å². The van der Waals surface area contributed by atoms with Gasteiger partial charge in [0.1, 0.15) is 5.60 Å². The Labute approximate surface area is 114 Å². The summed E-state index contributed by atoms with van der Waals surface area (Å²) in [5.74, 6) is -0.0817. The molecule has 2 aliphatic carbocycles. The molecule has 2 rings (SSSR count). The largest absolute Gasteiger partial charge is 0.388 e. The van der Waals surface area contributed by atoms with Crippen LogP contribution in [0.1, 0.15) is 47.0 Å². The van der Waals surface area contributed by atoms with E-state index < -0.39 is 17.3 Å². The Morgan fingerprint density at radius 2 is 1.79 bits per heavy atom. The summed E-state index contributed by atoms with van der Waals surface area (Å²) in [6.45, 7) is 7.15. The Morgan fingerprint density at radius 3 is 2.32 bits per heavy atom. The van der Waals surface area contributed by atoms with Gasteiger partial charge in [-0.2, -0.15) is 0 Å². The average Bonchev–Trinajstić information content (AvgIpc) is 2.23. The van der Waals surface area contributed by atoms with Crippen LogP contribution in [0.4, 0.5) is 0 Å². The van der Waals surface area contributed by atoms with Crippen LogP contribution in [0.5, 0.6) is 0 Å². The van der Waals surface area contributed by atoms with Gasteiger partial charge in [-0.05, 0) is 44.1 Å².